The SMILES string of the molecule is O=C(CNC1CCCCC1)N1CCSCC1. The van der Waals surface area contributed by atoms with Gasteiger partial charge in [0.2, 0.25) is 5.91 Å². The molecule has 2 aliphatic rings. The van der Waals surface area contributed by atoms with E-state index in [4.69, 9.17) is 0 Å². The first-order valence-electron chi connectivity index (χ1n) is 6.45. The molecule has 16 heavy (non-hydrogen) atoms. The molecule has 0 atom stereocenters. The molecule has 1 aliphatic carbocycles. The van der Waals surface area contributed by atoms with Crippen molar-refractivity contribution in [2.45, 2.75) is 38.1 Å². The van der Waals surface area contributed by atoms with Crippen LogP contribution in [0, 0.1) is 0 Å². The number of hydrogen-bond acceptors (Lipinski definition) is 3. The van der Waals surface area contributed by atoms with Crippen molar-refractivity contribution in [3.05, 3.63) is 0 Å². The molecule has 0 spiro atoms. The van der Waals surface area contributed by atoms with Crippen LogP contribution in [-0.2, 0) is 4.79 Å². The maximum atomic E-state index is 11.9. The number of thioether (sulfide) groups is 1. The Hall–Kier alpha value is -0.220. The molecule has 0 radical (unpaired) electrons. The van der Waals surface area contributed by atoms with Gasteiger partial charge in [-0.15, -0.1) is 0 Å². The second kappa shape index (κ2) is 6.50. The fourth-order valence-electron chi connectivity index (χ4n) is 2.46. The lowest BCUT2D eigenvalue weighted by Gasteiger charge is -2.28. The molecule has 1 heterocycles. The standard InChI is InChI=1S/C12H22N2OS/c15-12(14-6-8-16-9-7-14)10-13-11-4-2-1-3-5-11/h11,13H,1-10H2. The van der Waals surface area contributed by atoms with Gasteiger partial charge in [0.25, 0.3) is 0 Å². The maximum Gasteiger partial charge on any atom is 0.236 e. The molecule has 2 fully saturated rings. The van der Waals surface area contributed by atoms with Crippen LogP contribution in [0.25, 0.3) is 0 Å². The molecule has 1 saturated carbocycles. The van der Waals surface area contributed by atoms with Crippen molar-refractivity contribution in [2.75, 3.05) is 31.1 Å². The Kier molecular flexibility index (Phi) is 4.97. The van der Waals surface area contributed by atoms with Crippen LogP contribution in [0.2, 0.25) is 0 Å². The lowest BCUT2D eigenvalue weighted by Crippen LogP contribution is -2.45. The Morgan fingerprint density at radius 1 is 1.19 bits per heavy atom. The normalized spacial score (nSPS) is 23.4. The summed E-state index contributed by atoms with van der Waals surface area (Å²) in [6, 6.07) is 0.594. The number of nitrogens with one attached hydrogen (secondary N) is 1. The number of carbonyl (C=O) groups excluding carboxylic acids is 1. The number of rotatable bonds is 3. The highest BCUT2D eigenvalue weighted by Gasteiger charge is 2.18. The molecule has 0 aromatic heterocycles. The third-order valence-corrected chi connectivity index (χ3v) is 4.45. The van der Waals surface area contributed by atoms with Crippen LogP contribution in [0.5, 0.6) is 0 Å². The van der Waals surface area contributed by atoms with Crippen molar-refractivity contribution in [1.82, 2.24) is 10.2 Å². The summed E-state index contributed by atoms with van der Waals surface area (Å²) in [6.45, 7) is 2.43. The first kappa shape index (κ1) is 12.2. The molecule has 4 heteroatoms. The van der Waals surface area contributed by atoms with Gasteiger partial charge in [-0.05, 0) is 12.8 Å². The summed E-state index contributed by atoms with van der Waals surface area (Å²) >= 11 is 1.95. The maximum absolute atomic E-state index is 11.9. The van der Waals surface area contributed by atoms with Crippen molar-refractivity contribution in [3.63, 3.8) is 0 Å². The third-order valence-electron chi connectivity index (χ3n) is 3.51. The second-order valence-corrected chi connectivity index (χ2v) is 5.93. The molecule has 1 N–H and O–H groups in total. The molecule has 0 unspecified atom stereocenters. The average molecular weight is 242 g/mol. The highest BCUT2D eigenvalue weighted by atomic mass is 32.2. The second-order valence-electron chi connectivity index (χ2n) is 4.71. The van der Waals surface area contributed by atoms with E-state index in [-0.39, 0.29) is 0 Å². The predicted octanol–water partition coefficient (Wildman–Crippen LogP) is 1.48. The molecule has 1 saturated heterocycles. The zero-order chi connectivity index (χ0) is 11.2. The lowest BCUT2D eigenvalue weighted by atomic mass is 9.95. The van der Waals surface area contributed by atoms with Gasteiger partial charge >= 0.3 is 0 Å². The van der Waals surface area contributed by atoms with Crippen molar-refractivity contribution < 1.29 is 4.79 Å². The highest BCUT2D eigenvalue weighted by Crippen LogP contribution is 2.17. The van der Waals surface area contributed by atoms with Crippen LogP contribution in [0.1, 0.15) is 32.1 Å². The summed E-state index contributed by atoms with van der Waals surface area (Å²) < 4.78 is 0. The number of amides is 1. The Morgan fingerprint density at radius 2 is 1.88 bits per heavy atom. The molecular weight excluding hydrogens is 220 g/mol. The van der Waals surface area contributed by atoms with Crippen molar-refractivity contribution >= 4 is 17.7 Å². The number of carbonyl (C=O) groups is 1. The molecule has 0 aromatic rings. The lowest BCUT2D eigenvalue weighted by molar-refractivity contribution is -0.130. The van der Waals surface area contributed by atoms with E-state index in [9.17, 15) is 4.79 Å². The van der Waals surface area contributed by atoms with E-state index in [0.29, 0.717) is 18.5 Å². The van der Waals surface area contributed by atoms with Crippen LogP contribution in [0.3, 0.4) is 0 Å². The smallest absolute Gasteiger partial charge is 0.236 e. The zero-order valence-corrected chi connectivity index (χ0v) is 10.7. The summed E-state index contributed by atoms with van der Waals surface area (Å²) in [5.41, 5.74) is 0. The van der Waals surface area contributed by atoms with Crippen molar-refractivity contribution in [3.8, 4) is 0 Å². The molecule has 92 valence electrons. The van der Waals surface area contributed by atoms with E-state index in [1.54, 1.807) is 0 Å². The van der Waals surface area contributed by atoms with Gasteiger partial charge in [-0.3, -0.25) is 4.79 Å². The van der Waals surface area contributed by atoms with Gasteiger partial charge < -0.3 is 10.2 Å². The van der Waals surface area contributed by atoms with Crippen molar-refractivity contribution in [2.24, 2.45) is 0 Å². The predicted molar refractivity (Wildman–Crippen MR) is 68.8 cm³/mol. The summed E-state index contributed by atoms with van der Waals surface area (Å²) in [6.07, 6.45) is 6.53. The van der Waals surface area contributed by atoms with E-state index in [0.717, 1.165) is 24.6 Å². The van der Waals surface area contributed by atoms with Gasteiger partial charge in [0, 0.05) is 30.6 Å². The Morgan fingerprint density at radius 3 is 2.56 bits per heavy atom. The monoisotopic (exact) mass is 242 g/mol. The van der Waals surface area contributed by atoms with E-state index in [2.05, 4.69) is 5.32 Å². The Labute approximate surface area is 102 Å². The van der Waals surface area contributed by atoms with Crippen LogP contribution in [0.4, 0.5) is 0 Å². The third kappa shape index (κ3) is 3.67. The van der Waals surface area contributed by atoms with Gasteiger partial charge in [-0.25, -0.2) is 0 Å². The number of nitrogens with zero attached hydrogens (tertiary/aromatic N) is 1. The minimum absolute atomic E-state index is 0.297. The molecule has 3 nitrogen and oxygen atoms in total. The highest BCUT2D eigenvalue weighted by molar-refractivity contribution is 7.99. The fraction of sp³-hybridized carbons (Fsp3) is 0.917. The summed E-state index contributed by atoms with van der Waals surface area (Å²) in [5, 5.41) is 3.42. The first-order chi connectivity index (χ1) is 7.86. The van der Waals surface area contributed by atoms with Gasteiger partial charge in [0.05, 0.1) is 6.54 Å². The zero-order valence-electron chi connectivity index (χ0n) is 9.91. The van der Waals surface area contributed by atoms with E-state index in [1.165, 1.54) is 32.1 Å². The molecular formula is C12H22N2OS. The molecule has 0 bridgehead atoms. The van der Waals surface area contributed by atoms with Crippen LogP contribution in [-0.4, -0.2) is 48.0 Å². The fourth-order valence-corrected chi connectivity index (χ4v) is 3.37. The van der Waals surface area contributed by atoms with Gasteiger partial charge in [0.1, 0.15) is 0 Å². The van der Waals surface area contributed by atoms with Gasteiger partial charge in [-0.1, -0.05) is 19.3 Å². The molecule has 1 aliphatic heterocycles. The minimum Gasteiger partial charge on any atom is -0.340 e. The summed E-state index contributed by atoms with van der Waals surface area (Å²) in [5.74, 6) is 2.51. The largest absolute Gasteiger partial charge is 0.340 e. The molecule has 2 rings (SSSR count). The molecule has 0 aromatic carbocycles. The van der Waals surface area contributed by atoms with Gasteiger partial charge in [-0.2, -0.15) is 11.8 Å². The van der Waals surface area contributed by atoms with E-state index in [1.807, 2.05) is 16.7 Å². The van der Waals surface area contributed by atoms with Crippen LogP contribution >= 0.6 is 11.8 Å². The topological polar surface area (TPSA) is 32.3 Å². The van der Waals surface area contributed by atoms with Crippen LogP contribution in [0.15, 0.2) is 0 Å². The first-order valence-corrected chi connectivity index (χ1v) is 7.60. The van der Waals surface area contributed by atoms with E-state index >= 15 is 0 Å². The summed E-state index contributed by atoms with van der Waals surface area (Å²) in [4.78, 5) is 13.9. The van der Waals surface area contributed by atoms with Gasteiger partial charge in [0.15, 0.2) is 0 Å². The quantitative estimate of drug-likeness (QED) is 0.814. The average Bonchev–Trinajstić information content (AvgIpc) is 2.38. The van der Waals surface area contributed by atoms with E-state index < -0.39 is 0 Å². The Bertz CT molecular complexity index is 223. The van der Waals surface area contributed by atoms with Crippen molar-refractivity contribution in [1.29, 1.82) is 0 Å². The van der Waals surface area contributed by atoms with Crippen LogP contribution < -0.4 is 5.32 Å². The Balaban J connectivity index is 1.65. The number of hydrogen-bond donors (Lipinski definition) is 1. The minimum atomic E-state index is 0.297. The molecule has 1 amide bonds. The summed E-state index contributed by atoms with van der Waals surface area (Å²) in [7, 11) is 0.